The van der Waals surface area contributed by atoms with Crippen LogP contribution in [0.1, 0.15) is 10.4 Å². The van der Waals surface area contributed by atoms with E-state index in [1.165, 1.54) is 19.9 Å². The molecule has 0 saturated carbocycles. The number of hydrogen-bond donors (Lipinski definition) is 1. The predicted molar refractivity (Wildman–Crippen MR) is 70.8 cm³/mol. The van der Waals surface area contributed by atoms with Crippen LogP contribution in [0.4, 0.5) is 5.69 Å². The van der Waals surface area contributed by atoms with Gasteiger partial charge in [-0.25, -0.2) is 0 Å². The van der Waals surface area contributed by atoms with Crippen LogP contribution in [0.5, 0.6) is 0 Å². The fraction of sp³-hybridized carbons (Fsp3) is 0.167. The average Bonchev–Trinajstić information content (AvgIpc) is 2.64. The van der Waals surface area contributed by atoms with E-state index in [1.807, 2.05) is 7.05 Å². The maximum absolute atomic E-state index is 3.48. The second kappa shape index (κ2) is 4.81. The van der Waals surface area contributed by atoms with Crippen LogP contribution in [-0.4, -0.2) is 7.05 Å². The molecule has 1 nitrogen and oxygen atoms in total. The third kappa shape index (κ3) is 2.83. The molecule has 3 heteroatoms. The summed E-state index contributed by atoms with van der Waals surface area (Å²) in [6.45, 7) is 0. The summed E-state index contributed by atoms with van der Waals surface area (Å²) in [5, 5.41) is 3.15. The van der Waals surface area contributed by atoms with Crippen LogP contribution in [0.25, 0.3) is 0 Å². The minimum atomic E-state index is 1.01. The molecular formula is C12H12BrNS. The molecule has 78 valence electrons. The summed E-state index contributed by atoms with van der Waals surface area (Å²) in [6, 6.07) is 12.8. The number of hydrogen-bond acceptors (Lipinski definition) is 2. The molecule has 2 aromatic rings. The number of anilines is 1. The second-order valence-electron chi connectivity index (χ2n) is 3.33. The van der Waals surface area contributed by atoms with Gasteiger partial charge in [-0.2, -0.15) is 0 Å². The molecule has 0 bridgehead atoms. The van der Waals surface area contributed by atoms with Crippen molar-refractivity contribution >= 4 is 33.0 Å². The molecule has 15 heavy (non-hydrogen) atoms. The Labute approximate surface area is 102 Å². The van der Waals surface area contributed by atoms with Crippen LogP contribution in [-0.2, 0) is 6.42 Å². The van der Waals surface area contributed by atoms with Gasteiger partial charge in [0.05, 0.1) is 3.79 Å². The molecule has 0 aliphatic rings. The fourth-order valence-electron chi connectivity index (χ4n) is 1.48. The molecule has 0 aliphatic heterocycles. The summed E-state index contributed by atoms with van der Waals surface area (Å²) >= 11 is 5.27. The largest absolute Gasteiger partial charge is 0.388 e. The first-order valence-electron chi connectivity index (χ1n) is 4.79. The summed E-state index contributed by atoms with van der Waals surface area (Å²) in [6.07, 6.45) is 1.01. The first-order valence-corrected chi connectivity index (χ1v) is 6.40. The number of thiophene rings is 1. The minimum absolute atomic E-state index is 1.01. The van der Waals surface area contributed by atoms with E-state index >= 15 is 0 Å². The highest BCUT2D eigenvalue weighted by atomic mass is 79.9. The van der Waals surface area contributed by atoms with Gasteiger partial charge in [0, 0.05) is 24.0 Å². The number of nitrogens with one attached hydrogen (secondary N) is 1. The van der Waals surface area contributed by atoms with Crippen molar-refractivity contribution in [3.05, 3.63) is 50.6 Å². The Kier molecular flexibility index (Phi) is 3.44. The summed E-state index contributed by atoms with van der Waals surface area (Å²) in [7, 11) is 1.95. The lowest BCUT2D eigenvalue weighted by Gasteiger charge is -2.03. The Hall–Kier alpha value is -0.800. The van der Waals surface area contributed by atoms with Gasteiger partial charge in [0.25, 0.3) is 0 Å². The zero-order valence-corrected chi connectivity index (χ0v) is 10.9. The van der Waals surface area contributed by atoms with E-state index in [1.54, 1.807) is 11.3 Å². The maximum atomic E-state index is 3.48. The number of benzene rings is 1. The zero-order valence-electron chi connectivity index (χ0n) is 8.46. The number of halogens is 1. The Morgan fingerprint density at radius 3 is 2.80 bits per heavy atom. The second-order valence-corrected chi connectivity index (χ2v) is 5.88. The van der Waals surface area contributed by atoms with Crippen LogP contribution in [0.2, 0.25) is 0 Å². The summed E-state index contributed by atoms with van der Waals surface area (Å²) in [5.41, 5.74) is 2.51. The minimum Gasteiger partial charge on any atom is -0.388 e. The molecule has 0 aliphatic carbocycles. The summed E-state index contributed by atoms with van der Waals surface area (Å²) in [5.74, 6) is 0. The molecule has 0 amide bonds. The quantitative estimate of drug-likeness (QED) is 0.892. The highest BCUT2D eigenvalue weighted by Crippen LogP contribution is 2.24. The van der Waals surface area contributed by atoms with Crippen molar-refractivity contribution < 1.29 is 0 Å². The smallest absolute Gasteiger partial charge is 0.0701 e. The van der Waals surface area contributed by atoms with Gasteiger partial charge in [0.1, 0.15) is 0 Å². The molecule has 0 unspecified atom stereocenters. The van der Waals surface area contributed by atoms with Crippen molar-refractivity contribution in [2.24, 2.45) is 0 Å². The van der Waals surface area contributed by atoms with Gasteiger partial charge in [0.2, 0.25) is 0 Å². The molecule has 0 atom stereocenters. The van der Waals surface area contributed by atoms with Crippen molar-refractivity contribution in [1.29, 1.82) is 0 Å². The van der Waals surface area contributed by atoms with Crippen molar-refractivity contribution in [3.63, 3.8) is 0 Å². The Morgan fingerprint density at radius 2 is 2.13 bits per heavy atom. The lowest BCUT2D eigenvalue weighted by Crippen LogP contribution is -1.90. The summed E-state index contributed by atoms with van der Waals surface area (Å²) < 4.78 is 1.20. The summed E-state index contributed by atoms with van der Waals surface area (Å²) in [4.78, 5) is 1.38. The van der Waals surface area contributed by atoms with E-state index in [9.17, 15) is 0 Å². The van der Waals surface area contributed by atoms with Crippen LogP contribution >= 0.6 is 27.3 Å². The van der Waals surface area contributed by atoms with E-state index in [2.05, 4.69) is 57.6 Å². The van der Waals surface area contributed by atoms with Crippen LogP contribution in [0, 0.1) is 0 Å². The van der Waals surface area contributed by atoms with Crippen molar-refractivity contribution in [3.8, 4) is 0 Å². The third-order valence-electron chi connectivity index (χ3n) is 2.22. The first-order chi connectivity index (χ1) is 7.28. The van der Waals surface area contributed by atoms with E-state index in [0.29, 0.717) is 0 Å². The van der Waals surface area contributed by atoms with E-state index in [0.717, 1.165) is 6.42 Å². The monoisotopic (exact) mass is 281 g/mol. The highest BCUT2D eigenvalue weighted by molar-refractivity contribution is 9.11. The third-order valence-corrected chi connectivity index (χ3v) is 3.85. The number of rotatable bonds is 3. The highest BCUT2D eigenvalue weighted by Gasteiger charge is 2.00. The van der Waals surface area contributed by atoms with E-state index in [4.69, 9.17) is 0 Å². The lowest BCUT2D eigenvalue weighted by molar-refractivity contribution is 1.24. The van der Waals surface area contributed by atoms with Crippen molar-refractivity contribution in [1.82, 2.24) is 0 Å². The Morgan fingerprint density at radius 1 is 1.27 bits per heavy atom. The topological polar surface area (TPSA) is 12.0 Å². The van der Waals surface area contributed by atoms with E-state index in [-0.39, 0.29) is 0 Å². The van der Waals surface area contributed by atoms with Crippen LogP contribution < -0.4 is 5.32 Å². The molecule has 0 saturated heterocycles. The van der Waals surface area contributed by atoms with Gasteiger partial charge in [-0.1, -0.05) is 12.1 Å². The SMILES string of the molecule is CNc1cccc(Cc2ccc(Br)s2)c1. The molecule has 1 aromatic carbocycles. The Bertz CT molecular complexity index is 450. The van der Waals surface area contributed by atoms with Crippen LogP contribution in [0.3, 0.4) is 0 Å². The first kappa shape index (κ1) is 10.7. The molecule has 1 heterocycles. The molecular weight excluding hydrogens is 270 g/mol. The maximum Gasteiger partial charge on any atom is 0.0701 e. The van der Waals surface area contributed by atoms with Crippen molar-refractivity contribution in [2.75, 3.05) is 12.4 Å². The Balaban J connectivity index is 2.16. The molecule has 1 N–H and O–H groups in total. The fourth-order valence-corrected chi connectivity index (χ4v) is 3.00. The van der Waals surface area contributed by atoms with Crippen molar-refractivity contribution in [2.45, 2.75) is 6.42 Å². The standard InChI is InChI=1S/C12H12BrNS/c1-14-10-4-2-3-9(7-10)8-11-5-6-12(13)15-11/h2-7,14H,8H2,1H3. The van der Waals surface area contributed by atoms with Gasteiger partial charge in [0.15, 0.2) is 0 Å². The average molecular weight is 282 g/mol. The molecule has 1 aromatic heterocycles. The van der Waals surface area contributed by atoms with Crippen LogP contribution in [0.15, 0.2) is 40.2 Å². The molecule has 0 spiro atoms. The predicted octanol–water partition coefficient (Wildman–Crippen LogP) is 4.14. The van der Waals surface area contributed by atoms with E-state index < -0.39 is 0 Å². The normalized spacial score (nSPS) is 10.3. The van der Waals surface area contributed by atoms with Gasteiger partial charge < -0.3 is 5.32 Å². The van der Waals surface area contributed by atoms with Gasteiger partial charge >= 0.3 is 0 Å². The lowest BCUT2D eigenvalue weighted by atomic mass is 10.1. The zero-order chi connectivity index (χ0) is 10.7. The van der Waals surface area contributed by atoms with Gasteiger partial charge in [-0.05, 0) is 45.8 Å². The molecule has 2 rings (SSSR count). The van der Waals surface area contributed by atoms with Gasteiger partial charge in [-0.3, -0.25) is 0 Å². The van der Waals surface area contributed by atoms with Gasteiger partial charge in [-0.15, -0.1) is 11.3 Å². The molecule has 0 fully saturated rings. The molecule has 0 radical (unpaired) electrons.